The van der Waals surface area contributed by atoms with Crippen LogP contribution >= 0.6 is 0 Å². The summed E-state index contributed by atoms with van der Waals surface area (Å²) >= 11 is 0. The first kappa shape index (κ1) is 26.7. The van der Waals surface area contributed by atoms with Gasteiger partial charge in [-0.25, -0.2) is 4.98 Å². The number of aromatic nitrogens is 1. The number of nitrogens with one attached hydrogen (secondary N) is 2. The maximum Gasteiger partial charge on any atom is 0.419 e. The first-order chi connectivity index (χ1) is 18.4. The molecule has 1 saturated carbocycles. The average Bonchev–Trinajstić information content (AvgIpc) is 3.74. The Kier molecular flexibility index (Phi) is 8.38. The van der Waals surface area contributed by atoms with Crippen molar-refractivity contribution in [2.24, 2.45) is 0 Å². The summed E-state index contributed by atoms with van der Waals surface area (Å²) < 4.78 is 46.6. The van der Waals surface area contributed by atoms with Crippen LogP contribution in [0.2, 0.25) is 0 Å². The molecule has 0 bridgehead atoms. The molecule has 1 amide bonds. The van der Waals surface area contributed by atoms with Crippen molar-refractivity contribution in [2.75, 3.05) is 56.6 Å². The Bertz CT molecular complexity index is 1120. The molecule has 38 heavy (non-hydrogen) atoms. The maximum atomic E-state index is 13.7. The van der Waals surface area contributed by atoms with Crippen molar-refractivity contribution < 1.29 is 22.7 Å². The molecule has 3 fully saturated rings. The molecule has 0 spiro atoms. The van der Waals surface area contributed by atoms with Crippen LogP contribution in [0.25, 0.3) is 0 Å². The molecule has 0 unspecified atom stereocenters. The van der Waals surface area contributed by atoms with Crippen molar-refractivity contribution in [3.05, 3.63) is 47.2 Å². The predicted molar refractivity (Wildman–Crippen MR) is 141 cm³/mol. The number of amides is 1. The number of ether oxygens (including phenoxy) is 1. The number of pyridine rings is 1. The van der Waals surface area contributed by atoms with Crippen LogP contribution in [0.15, 0.2) is 30.5 Å². The second-order valence-corrected chi connectivity index (χ2v) is 10.4. The number of hydrogen-bond donors (Lipinski definition) is 2. The van der Waals surface area contributed by atoms with Gasteiger partial charge in [-0.2, -0.15) is 13.2 Å². The quantitative estimate of drug-likeness (QED) is 0.402. The Labute approximate surface area is 221 Å². The number of anilines is 3. The standard InChI is InChI=1S/C28H36F3N5O2/c29-28(30,31)23-18-33-26(17-25(23)32-9-3-11-36-10-2-1-4-27(36)37)34-24-8-5-20(16-22(24)21-6-7-21)19-35-12-14-38-15-13-35/h5,8,16-18,21H,1-4,6-7,9-15,19H2,(H2,32,33,34). The minimum Gasteiger partial charge on any atom is -0.384 e. The van der Waals surface area contributed by atoms with Crippen LogP contribution in [-0.2, 0) is 22.3 Å². The van der Waals surface area contributed by atoms with Gasteiger partial charge in [0.05, 0.1) is 24.5 Å². The molecule has 2 aromatic rings. The summed E-state index contributed by atoms with van der Waals surface area (Å²) in [4.78, 5) is 20.3. The highest BCUT2D eigenvalue weighted by Crippen LogP contribution is 2.45. The van der Waals surface area contributed by atoms with Crippen molar-refractivity contribution in [3.63, 3.8) is 0 Å². The highest BCUT2D eigenvalue weighted by molar-refractivity contribution is 5.76. The van der Waals surface area contributed by atoms with E-state index in [1.54, 1.807) is 4.90 Å². The zero-order chi connectivity index (χ0) is 26.5. The lowest BCUT2D eigenvalue weighted by Crippen LogP contribution is -2.36. The van der Waals surface area contributed by atoms with Crippen LogP contribution in [-0.4, -0.2) is 66.6 Å². The zero-order valence-electron chi connectivity index (χ0n) is 21.7. The molecule has 5 rings (SSSR count). The third-order valence-electron chi connectivity index (χ3n) is 7.46. The summed E-state index contributed by atoms with van der Waals surface area (Å²) in [5, 5.41) is 6.24. The van der Waals surface area contributed by atoms with Gasteiger partial charge >= 0.3 is 6.18 Å². The molecule has 2 aliphatic heterocycles. The lowest BCUT2D eigenvalue weighted by atomic mass is 10.0. The fraction of sp³-hybridized carbons (Fsp3) is 0.571. The van der Waals surface area contributed by atoms with E-state index in [4.69, 9.17) is 4.74 Å². The zero-order valence-corrected chi connectivity index (χ0v) is 21.7. The lowest BCUT2D eigenvalue weighted by Gasteiger charge is -2.27. The summed E-state index contributed by atoms with van der Waals surface area (Å²) in [5.41, 5.74) is 2.52. The van der Waals surface area contributed by atoms with E-state index in [9.17, 15) is 18.0 Å². The van der Waals surface area contributed by atoms with Crippen LogP contribution in [0.3, 0.4) is 0 Å². The van der Waals surface area contributed by atoms with Gasteiger partial charge in [-0.1, -0.05) is 12.1 Å². The number of rotatable bonds is 10. The largest absolute Gasteiger partial charge is 0.419 e. The molecule has 3 aliphatic rings. The van der Waals surface area contributed by atoms with Crippen LogP contribution in [0.4, 0.5) is 30.4 Å². The second kappa shape index (κ2) is 11.9. The highest BCUT2D eigenvalue weighted by Gasteiger charge is 2.34. The number of halogens is 3. The number of hydrogen-bond acceptors (Lipinski definition) is 6. The molecule has 1 aromatic carbocycles. The third kappa shape index (κ3) is 6.96. The molecule has 0 radical (unpaired) electrons. The number of morpholine rings is 1. The number of alkyl halides is 3. The Balaban J connectivity index is 1.27. The molecule has 1 aromatic heterocycles. The van der Waals surface area contributed by atoms with E-state index >= 15 is 0 Å². The van der Waals surface area contributed by atoms with E-state index in [1.165, 1.54) is 17.2 Å². The van der Waals surface area contributed by atoms with Gasteiger partial charge in [0.1, 0.15) is 5.82 Å². The van der Waals surface area contributed by atoms with Crippen molar-refractivity contribution in [1.82, 2.24) is 14.8 Å². The van der Waals surface area contributed by atoms with Gasteiger partial charge in [-0.3, -0.25) is 9.69 Å². The minimum absolute atomic E-state index is 0.00289. The smallest absolute Gasteiger partial charge is 0.384 e. The number of carbonyl (C=O) groups is 1. The molecule has 10 heteroatoms. The van der Waals surface area contributed by atoms with Crippen molar-refractivity contribution >= 4 is 23.1 Å². The molecule has 3 heterocycles. The number of nitrogens with zero attached hydrogens (tertiary/aromatic N) is 3. The van der Waals surface area contributed by atoms with Gasteiger partial charge in [0.25, 0.3) is 0 Å². The van der Waals surface area contributed by atoms with Crippen LogP contribution in [0.5, 0.6) is 0 Å². The monoisotopic (exact) mass is 531 g/mol. The topological polar surface area (TPSA) is 69.7 Å². The fourth-order valence-corrected chi connectivity index (χ4v) is 5.20. The van der Waals surface area contributed by atoms with E-state index in [0.29, 0.717) is 37.7 Å². The van der Waals surface area contributed by atoms with E-state index in [-0.39, 0.29) is 11.6 Å². The molecular weight excluding hydrogens is 495 g/mol. The summed E-state index contributed by atoms with van der Waals surface area (Å²) in [5.74, 6) is 0.964. The van der Waals surface area contributed by atoms with Crippen molar-refractivity contribution in [3.8, 4) is 0 Å². The Morgan fingerprint density at radius 3 is 2.61 bits per heavy atom. The van der Waals surface area contributed by atoms with Crippen molar-refractivity contribution in [2.45, 2.75) is 57.2 Å². The lowest BCUT2D eigenvalue weighted by molar-refractivity contribution is -0.137. The average molecular weight is 532 g/mol. The second-order valence-electron chi connectivity index (χ2n) is 10.4. The number of carbonyl (C=O) groups excluding carboxylic acids is 1. The van der Waals surface area contributed by atoms with E-state index < -0.39 is 11.7 Å². The Morgan fingerprint density at radius 2 is 1.87 bits per heavy atom. The molecule has 7 nitrogen and oxygen atoms in total. The van der Waals surface area contributed by atoms with Crippen LogP contribution in [0, 0.1) is 0 Å². The fourth-order valence-electron chi connectivity index (χ4n) is 5.20. The molecule has 1 aliphatic carbocycles. The third-order valence-corrected chi connectivity index (χ3v) is 7.46. The van der Waals surface area contributed by atoms with Crippen LogP contribution < -0.4 is 10.6 Å². The van der Waals surface area contributed by atoms with Crippen molar-refractivity contribution in [1.29, 1.82) is 0 Å². The number of piperidine rings is 1. The SMILES string of the molecule is O=C1CCCCN1CCCNc1cc(Nc2ccc(CN3CCOCC3)cc2C2CC2)ncc1C(F)(F)F. The minimum atomic E-state index is -4.52. The molecule has 0 atom stereocenters. The first-order valence-corrected chi connectivity index (χ1v) is 13.7. The summed E-state index contributed by atoms with van der Waals surface area (Å²) in [6, 6.07) is 7.76. The molecule has 2 N–H and O–H groups in total. The van der Waals surface area contributed by atoms with Gasteiger partial charge in [0.2, 0.25) is 5.91 Å². The van der Waals surface area contributed by atoms with E-state index in [2.05, 4.69) is 32.7 Å². The summed E-state index contributed by atoms with van der Waals surface area (Å²) in [6.45, 7) is 5.80. The Morgan fingerprint density at radius 1 is 1.05 bits per heavy atom. The van der Waals surface area contributed by atoms with Gasteiger partial charge in [-0.05, 0) is 55.2 Å². The Hall–Kier alpha value is -2.85. The maximum absolute atomic E-state index is 13.7. The summed E-state index contributed by atoms with van der Waals surface area (Å²) in [6.07, 6.45) is 1.62. The van der Waals surface area contributed by atoms with Gasteiger partial charge in [0.15, 0.2) is 0 Å². The van der Waals surface area contributed by atoms with Gasteiger partial charge < -0.3 is 20.3 Å². The highest BCUT2D eigenvalue weighted by atomic mass is 19.4. The summed E-state index contributed by atoms with van der Waals surface area (Å²) in [7, 11) is 0. The van der Waals surface area contributed by atoms with E-state index in [1.807, 2.05) is 6.07 Å². The normalized spacial score (nSPS) is 19.0. The van der Waals surface area contributed by atoms with E-state index in [0.717, 1.165) is 77.0 Å². The molecule has 206 valence electrons. The molecular formula is C28H36F3N5O2. The van der Waals surface area contributed by atoms with Gasteiger partial charge in [-0.15, -0.1) is 0 Å². The first-order valence-electron chi connectivity index (χ1n) is 13.7. The predicted octanol–water partition coefficient (Wildman–Crippen LogP) is 5.37. The molecule has 2 saturated heterocycles. The number of benzene rings is 1. The number of likely N-dealkylation sites (tertiary alicyclic amines) is 1. The van der Waals surface area contributed by atoms with Crippen LogP contribution in [0.1, 0.15) is 61.1 Å². The van der Waals surface area contributed by atoms with Gasteiger partial charge in [0, 0.05) is 63.6 Å².